The second-order valence-corrected chi connectivity index (χ2v) is 4.76. The molecule has 0 fully saturated rings. The first-order chi connectivity index (χ1) is 9.66. The lowest BCUT2D eigenvalue weighted by molar-refractivity contribution is 0.206. The van der Waals surface area contributed by atoms with Gasteiger partial charge in [-0.25, -0.2) is 4.79 Å². The van der Waals surface area contributed by atoms with E-state index >= 15 is 0 Å². The van der Waals surface area contributed by atoms with Crippen LogP contribution in [0.5, 0.6) is 0 Å². The molecule has 0 unspecified atom stereocenters. The molecule has 0 bridgehead atoms. The first kappa shape index (κ1) is 14.1. The van der Waals surface area contributed by atoms with Crippen molar-refractivity contribution in [2.24, 2.45) is 0 Å². The molecule has 20 heavy (non-hydrogen) atoms. The third-order valence-electron chi connectivity index (χ3n) is 3.16. The average Bonchev–Trinajstić information content (AvgIpc) is 2.47. The summed E-state index contributed by atoms with van der Waals surface area (Å²) >= 11 is 0. The molecule has 0 spiro atoms. The third kappa shape index (κ3) is 3.82. The Hall–Kier alpha value is -2.36. The molecule has 2 rings (SSSR count). The fraction of sp³-hybridized carbons (Fsp3) is 0.250. The minimum atomic E-state index is -0.0982. The van der Waals surface area contributed by atoms with Crippen molar-refractivity contribution >= 4 is 6.03 Å². The van der Waals surface area contributed by atoms with E-state index in [1.807, 2.05) is 49.4 Å². The van der Waals surface area contributed by atoms with Gasteiger partial charge in [-0.2, -0.15) is 0 Å². The Morgan fingerprint density at radius 3 is 2.65 bits per heavy atom. The van der Waals surface area contributed by atoms with Gasteiger partial charge in [-0.05, 0) is 30.2 Å². The molecule has 1 N–H and O–H groups in total. The second kappa shape index (κ2) is 6.70. The molecule has 1 aromatic carbocycles. The van der Waals surface area contributed by atoms with Gasteiger partial charge in [-0.1, -0.05) is 30.3 Å². The predicted molar refractivity (Wildman–Crippen MR) is 79.1 cm³/mol. The Bertz CT molecular complexity index is 569. The van der Waals surface area contributed by atoms with Crippen LogP contribution in [0.15, 0.2) is 48.7 Å². The second-order valence-electron chi connectivity index (χ2n) is 4.76. The molecule has 0 aliphatic heterocycles. The molecular formula is C16H19N3O. The van der Waals surface area contributed by atoms with Crippen LogP contribution in [0.1, 0.15) is 16.8 Å². The molecule has 104 valence electrons. The van der Waals surface area contributed by atoms with E-state index in [1.165, 1.54) is 5.56 Å². The highest BCUT2D eigenvalue weighted by atomic mass is 16.2. The molecule has 0 saturated carbocycles. The molecular weight excluding hydrogens is 250 g/mol. The van der Waals surface area contributed by atoms with Gasteiger partial charge in [0.1, 0.15) is 0 Å². The van der Waals surface area contributed by atoms with E-state index < -0.39 is 0 Å². The summed E-state index contributed by atoms with van der Waals surface area (Å²) in [6.45, 7) is 3.08. The lowest BCUT2D eigenvalue weighted by atomic mass is 10.1. The first-order valence-corrected chi connectivity index (χ1v) is 6.60. The maximum atomic E-state index is 12.0. The van der Waals surface area contributed by atoms with Gasteiger partial charge in [-0.3, -0.25) is 4.98 Å². The Balaban J connectivity index is 1.87. The molecule has 0 atom stereocenters. The summed E-state index contributed by atoms with van der Waals surface area (Å²) in [5.74, 6) is 0. The fourth-order valence-corrected chi connectivity index (χ4v) is 1.92. The minimum Gasteiger partial charge on any atom is -0.334 e. The number of rotatable bonds is 4. The summed E-state index contributed by atoms with van der Waals surface area (Å²) in [4.78, 5) is 17.9. The van der Waals surface area contributed by atoms with E-state index in [-0.39, 0.29) is 6.03 Å². The van der Waals surface area contributed by atoms with Gasteiger partial charge < -0.3 is 10.2 Å². The van der Waals surface area contributed by atoms with Gasteiger partial charge in [-0.15, -0.1) is 0 Å². The summed E-state index contributed by atoms with van der Waals surface area (Å²) in [5.41, 5.74) is 3.19. The number of hydrogen-bond donors (Lipinski definition) is 1. The van der Waals surface area contributed by atoms with Crippen LogP contribution in [0.25, 0.3) is 0 Å². The van der Waals surface area contributed by atoms with Crippen LogP contribution in [0.4, 0.5) is 4.79 Å². The van der Waals surface area contributed by atoms with Gasteiger partial charge in [0.2, 0.25) is 0 Å². The predicted octanol–water partition coefficient (Wildman–Crippen LogP) is 2.73. The highest BCUT2D eigenvalue weighted by Crippen LogP contribution is 2.06. The van der Waals surface area contributed by atoms with Gasteiger partial charge in [0.15, 0.2) is 0 Å². The van der Waals surface area contributed by atoms with Crippen molar-refractivity contribution in [1.29, 1.82) is 0 Å². The van der Waals surface area contributed by atoms with Gasteiger partial charge in [0.05, 0.1) is 12.2 Å². The van der Waals surface area contributed by atoms with E-state index in [0.717, 1.165) is 11.3 Å². The Morgan fingerprint density at radius 1 is 1.20 bits per heavy atom. The summed E-state index contributed by atoms with van der Waals surface area (Å²) in [6, 6.07) is 13.6. The number of benzene rings is 1. The summed E-state index contributed by atoms with van der Waals surface area (Å²) < 4.78 is 0. The van der Waals surface area contributed by atoms with E-state index in [1.54, 1.807) is 18.1 Å². The van der Waals surface area contributed by atoms with Crippen LogP contribution in [0.3, 0.4) is 0 Å². The SMILES string of the molecule is Cc1ccccc1CNC(=O)N(C)Cc1ccccn1. The molecule has 2 amide bonds. The van der Waals surface area contributed by atoms with E-state index in [4.69, 9.17) is 0 Å². The molecule has 4 nitrogen and oxygen atoms in total. The Labute approximate surface area is 119 Å². The van der Waals surface area contributed by atoms with Crippen LogP contribution < -0.4 is 5.32 Å². The number of hydrogen-bond acceptors (Lipinski definition) is 2. The van der Waals surface area contributed by atoms with Crippen molar-refractivity contribution in [3.63, 3.8) is 0 Å². The summed E-state index contributed by atoms with van der Waals surface area (Å²) in [7, 11) is 1.77. The molecule has 0 saturated heterocycles. The van der Waals surface area contributed by atoms with Gasteiger partial charge in [0, 0.05) is 19.8 Å². The number of aryl methyl sites for hydroxylation is 1. The highest BCUT2D eigenvalue weighted by molar-refractivity contribution is 5.73. The lowest BCUT2D eigenvalue weighted by Gasteiger charge is -2.18. The van der Waals surface area contributed by atoms with Crippen molar-refractivity contribution in [3.05, 3.63) is 65.5 Å². The smallest absolute Gasteiger partial charge is 0.317 e. The van der Waals surface area contributed by atoms with E-state index in [2.05, 4.69) is 10.3 Å². The number of pyridine rings is 1. The molecule has 1 aromatic heterocycles. The molecule has 0 aliphatic rings. The highest BCUT2D eigenvalue weighted by Gasteiger charge is 2.09. The fourth-order valence-electron chi connectivity index (χ4n) is 1.92. The van der Waals surface area contributed by atoms with Crippen LogP contribution in [0, 0.1) is 6.92 Å². The maximum absolute atomic E-state index is 12.0. The monoisotopic (exact) mass is 269 g/mol. The zero-order valence-electron chi connectivity index (χ0n) is 11.8. The number of carbonyl (C=O) groups excluding carboxylic acids is 1. The summed E-state index contributed by atoms with van der Waals surface area (Å²) in [5, 5.41) is 2.92. The molecule has 0 aliphatic carbocycles. The normalized spacial score (nSPS) is 10.1. The van der Waals surface area contributed by atoms with E-state index in [9.17, 15) is 4.79 Å². The van der Waals surface area contributed by atoms with Crippen molar-refractivity contribution in [1.82, 2.24) is 15.2 Å². The van der Waals surface area contributed by atoms with Crippen LogP contribution in [-0.4, -0.2) is 23.0 Å². The minimum absolute atomic E-state index is 0.0982. The number of nitrogens with zero attached hydrogens (tertiary/aromatic N) is 2. The van der Waals surface area contributed by atoms with Gasteiger partial charge in [0.25, 0.3) is 0 Å². The molecule has 1 heterocycles. The number of amides is 2. The van der Waals surface area contributed by atoms with Crippen molar-refractivity contribution in [2.45, 2.75) is 20.0 Å². The average molecular weight is 269 g/mol. The number of carbonyl (C=O) groups is 1. The van der Waals surface area contributed by atoms with Crippen LogP contribution >= 0.6 is 0 Å². The third-order valence-corrected chi connectivity index (χ3v) is 3.16. The Morgan fingerprint density at radius 2 is 1.95 bits per heavy atom. The quantitative estimate of drug-likeness (QED) is 0.927. The number of nitrogens with one attached hydrogen (secondary N) is 1. The first-order valence-electron chi connectivity index (χ1n) is 6.60. The van der Waals surface area contributed by atoms with Crippen molar-refractivity contribution in [3.8, 4) is 0 Å². The number of urea groups is 1. The van der Waals surface area contributed by atoms with Crippen LogP contribution in [-0.2, 0) is 13.1 Å². The Kier molecular flexibility index (Phi) is 4.71. The van der Waals surface area contributed by atoms with Crippen molar-refractivity contribution < 1.29 is 4.79 Å². The zero-order valence-corrected chi connectivity index (χ0v) is 11.8. The maximum Gasteiger partial charge on any atom is 0.317 e. The van der Waals surface area contributed by atoms with E-state index in [0.29, 0.717) is 13.1 Å². The molecule has 4 heteroatoms. The van der Waals surface area contributed by atoms with Gasteiger partial charge >= 0.3 is 6.03 Å². The molecule has 2 aromatic rings. The molecule has 0 radical (unpaired) electrons. The number of aromatic nitrogens is 1. The lowest BCUT2D eigenvalue weighted by Crippen LogP contribution is -2.36. The van der Waals surface area contributed by atoms with Crippen molar-refractivity contribution in [2.75, 3.05) is 7.05 Å². The summed E-state index contributed by atoms with van der Waals surface area (Å²) in [6.07, 6.45) is 1.73. The van der Waals surface area contributed by atoms with Crippen LogP contribution in [0.2, 0.25) is 0 Å². The zero-order chi connectivity index (χ0) is 14.4. The standard InChI is InChI=1S/C16H19N3O/c1-13-7-3-4-8-14(13)11-18-16(20)19(2)12-15-9-5-6-10-17-15/h3-10H,11-12H2,1-2H3,(H,18,20). The topological polar surface area (TPSA) is 45.2 Å². The largest absolute Gasteiger partial charge is 0.334 e.